The zero-order valence-corrected chi connectivity index (χ0v) is 18.6. The van der Waals surface area contributed by atoms with Crippen molar-refractivity contribution in [3.05, 3.63) is 39.3 Å². The highest BCUT2D eigenvalue weighted by atomic mass is 32.1. The van der Waals surface area contributed by atoms with Crippen LogP contribution in [0.3, 0.4) is 0 Å². The van der Waals surface area contributed by atoms with Crippen LogP contribution in [0.4, 0.5) is 5.00 Å². The molecule has 0 fully saturated rings. The number of thiophene rings is 1. The predicted molar refractivity (Wildman–Crippen MR) is 117 cm³/mol. The molecule has 1 amide bonds. The summed E-state index contributed by atoms with van der Waals surface area (Å²) < 4.78 is 6.87. The smallest absolute Gasteiger partial charge is 0.341 e. The lowest BCUT2D eigenvalue weighted by Crippen LogP contribution is -2.21. The van der Waals surface area contributed by atoms with Gasteiger partial charge < -0.3 is 10.1 Å². The number of hydrogen-bond donors (Lipinski definition) is 1. The number of carbonyl (C=O) groups is 2. The van der Waals surface area contributed by atoms with Gasteiger partial charge in [-0.25, -0.2) is 9.48 Å². The summed E-state index contributed by atoms with van der Waals surface area (Å²) in [6, 6.07) is 3.96. The number of nitrogens with zero attached hydrogens (tertiary/aromatic N) is 3. The Morgan fingerprint density at radius 3 is 2.83 bits per heavy atom. The van der Waals surface area contributed by atoms with Crippen LogP contribution in [0.5, 0.6) is 0 Å². The fraction of sp³-hybridized carbons (Fsp3) is 0.455. The second kappa shape index (κ2) is 8.18. The fourth-order valence-electron chi connectivity index (χ4n) is 3.90. The van der Waals surface area contributed by atoms with Crippen LogP contribution in [0.15, 0.2) is 12.1 Å². The lowest BCUT2D eigenvalue weighted by molar-refractivity contribution is -0.116. The number of aryl methyl sites for hydroxylation is 2. The Labute approximate surface area is 179 Å². The van der Waals surface area contributed by atoms with E-state index < -0.39 is 0 Å². The van der Waals surface area contributed by atoms with Gasteiger partial charge in [-0.2, -0.15) is 0 Å². The van der Waals surface area contributed by atoms with Crippen molar-refractivity contribution in [2.45, 2.75) is 53.5 Å². The Morgan fingerprint density at radius 1 is 1.30 bits per heavy atom. The number of amides is 1. The third-order valence-electron chi connectivity index (χ3n) is 5.67. The first kappa shape index (κ1) is 20.5. The van der Waals surface area contributed by atoms with Crippen molar-refractivity contribution in [1.29, 1.82) is 0 Å². The molecule has 2 heterocycles. The maximum atomic E-state index is 12.8. The van der Waals surface area contributed by atoms with Gasteiger partial charge in [-0.1, -0.05) is 12.1 Å². The molecule has 0 radical (unpaired) electrons. The number of esters is 1. The van der Waals surface area contributed by atoms with Crippen LogP contribution in [-0.2, 0) is 28.9 Å². The summed E-state index contributed by atoms with van der Waals surface area (Å²) >= 11 is 1.49. The van der Waals surface area contributed by atoms with Gasteiger partial charge in [0.05, 0.1) is 17.7 Å². The molecule has 30 heavy (non-hydrogen) atoms. The second-order valence-corrected chi connectivity index (χ2v) is 9.10. The molecule has 1 aliphatic rings. The molecule has 158 valence electrons. The van der Waals surface area contributed by atoms with Crippen LogP contribution in [0.1, 0.15) is 52.2 Å². The first-order chi connectivity index (χ1) is 14.4. The van der Waals surface area contributed by atoms with Crippen LogP contribution in [0.2, 0.25) is 0 Å². The third kappa shape index (κ3) is 3.84. The first-order valence-electron chi connectivity index (χ1n) is 10.3. The van der Waals surface area contributed by atoms with Crippen LogP contribution < -0.4 is 5.32 Å². The molecule has 0 spiro atoms. The molecule has 7 nitrogen and oxygen atoms in total. The van der Waals surface area contributed by atoms with Crippen molar-refractivity contribution >= 4 is 39.2 Å². The van der Waals surface area contributed by atoms with E-state index in [0.717, 1.165) is 47.0 Å². The van der Waals surface area contributed by atoms with Gasteiger partial charge in [-0.15, -0.1) is 16.4 Å². The monoisotopic (exact) mass is 426 g/mol. The maximum Gasteiger partial charge on any atom is 0.341 e. The van der Waals surface area contributed by atoms with E-state index in [1.54, 1.807) is 11.6 Å². The SMILES string of the molecule is CCOC(=O)c1c(NC(=O)Cn2nnc3cc(C)c(C)cc32)sc2c1CCC(C)C2. The third-order valence-corrected chi connectivity index (χ3v) is 6.84. The van der Waals surface area contributed by atoms with Gasteiger partial charge in [0.15, 0.2) is 0 Å². The zero-order chi connectivity index (χ0) is 21.4. The van der Waals surface area contributed by atoms with Crippen molar-refractivity contribution in [2.24, 2.45) is 5.92 Å². The summed E-state index contributed by atoms with van der Waals surface area (Å²) in [7, 11) is 0. The van der Waals surface area contributed by atoms with Crippen molar-refractivity contribution in [2.75, 3.05) is 11.9 Å². The zero-order valence-electron chi connectivity index (χ0n) is 17.7. The van der Waals surface area contributed by atoms with Gasteiger partial charge >= 0.3 is 5.97 Å². The van der Waals surface area contributed by atoms with Crippen LogP contribution >= 0.6 is 11.3 Å². The van der Waals surface area contributed by atoms with Crippen molar-refractivity contribution in [3.63, 3.8) is 0 Å². The molecular formula is C22H26N4O3S. The fourth-order valence-corrected chi connectivity index (χ4v) is 5.31. The summed E-state index contributed by atoms with van der Waals surface area (Å²) in [6.45, 7) is 8.38. The number of carbonyl (C=O) groups excluding carboxylic acids is 2. The average molecular weight is 427 g/mol. The molecular weight excluding hydrogens is 400 g/mol. The van der Waals surface area contributed by atoms with Crippen molar-refractivity contribution in [1.82, 2.24) is 15.0 Å². The molecule has 1 unspecified atom stereocenters. The predicted octanol–water partition coefficient (Wildman–Crippen LogP) is 4.05. The largest absolute Gasteiger partial charge is 0.462 e. The molecule has 4 rings (SSSR count). The van der Waals surface area contributed by atoms with Gasteiger partial charge in [0.1, 0.15) is 17.1 Å². The molecule has 1 N–H and O–H groups in total. The molecule has 3 aromatic rings. The molecule has 1 aliphatic carbocycles. The molecule has 1 atom stereocenters. The number of rotatable bonds is 5. The minimum Gasteiger partial charge on any atom is -0.462 e. The van der Waals surface area contributed by atoms with Gasteiger partial charge in [-0.3, -0.25) is 4.79 Å². The van der Waals surface area contributed by atoms with Gasteiger partial charge in [0, 0.05) is 4.88 Å². The van der Waals surface area contributed by atoms with E-state index in [0.29, 0.717) is 23.1 Å². The number of hydrogen-bond acceptors (Lipinski definition) is 6. The Kier molecular flexibility index (Phi) is 5.60. The number of fused-ring (bicyclic) bond motifs is 2. The summed E-state index contributed by atoms with van der Waals surface area (Å²) in [5, 5.41) is 11.8. The number of nitrogens with one attached hydrogen (secondary N) is 1. The summed E-state index contributed by atoms with van der Waals surface area (Å²) in [6.07, 6.45) is 2.80. The highest BCUT2D eigenvalue weighted by Crippen LogP contribution is 2.40. The van der Waals surface area contributed by atoms with E-state index in [9.17, 15) is 9.59 Å². The number of benzene rings is 1. The second-order valence-electron chi connectivity index (χ2n) is 8.00. The normalized spacial score (nSPS) is 15.8. The number of anilines is 1. The Morgan fingerprint density at radius 2 is 2.07 bits per heavy atom. The van der Waals surface area contributed by atoms with Gasteiger partial charge in [-0.05, 0) is 74.8 Å². The quantitative estimate of drug-likeness (QED) is 0.622. The minimum atomic E-state index is -0.364. The van der Waals surface area contributed by atoms with E-state index in [-0.39, 0.29) is 18.4 Å². The van der Waals surface area contributed by atoms with E-state index in [2.05, 4.69) is 22.6 Å². The van der Waals surface area contributed by atoms with E-state index in [1.165, 1.54) is 16.2 Å². The molecule has 1 aromatic carbocycles. The molecule has 2 aromatic heterocycles. The molecule has 0 aliphatic heterocycles. The summed E-state index contributed by atoms with van der Waals surface area (Å²) in [5.41, 5.74) is 5.39. The average Bonchev–Trinajstić information content (AvgIpc) is 3.22. The Hall–Kier alpha value is -2.74. The van der Waals surface area contributed by atoms with Crippen LogP contribution in [0.25, 0.3) is 11.0 Å². The minimum absolute atomic E-state index is 0.0280. The lowest BCUT2D eigenvalue weighted by atomic mass is 9.88. The molecule has 0 saturated carbocycles. The number of ether oxygens (including phenoxy) is 1. The van der Waals surface area contributed by atoms with Gasteiger partial charge in [0.25, 0.3) is 0 Å². The van der Waals surface area contributed by atoms with Crippen LogP contribution in [0, 0.1) is 19.8 Å². The standard InChI is InChI=1S/C22H26N4O3S/c1-5-29-22(28)20-15-7-6-12(2)8-18(15)30-21(20)23-19(27)11-26-17-10-14(4)13(3)9-16(17)24-25-26/h9-10,12H,5-8,11H2,1-4H3,(H,23,27). The highest BCUT2D eigenvalue weighted by molar-refractivity contribution is 7.17. The lowest BCUT2D eigenvalue weighted by Gasteiger charge is -2.18. The number of aromatic nitrogens is 3. The van der Waals surface area contributed by atoms with Gasteiger partial charge in [0.2, 0.25) is 5.91 Å². The van der Waals surface area contributed by atoms with Crippen molar-refractivity contribution < 1.29 is 14.3 Å². The Bertz CT molecular complexity index is 1130. The first-order valence-corrected chi connectivity index (χ1v) is 11.1. The van der Waals surface area contributed by atoms with E-state index in [1.807, 2.05) is 26.0 Å². The topological polar surface area (TPSA) is 86.1 Å². The highest BCUT2D eigenvalue weighted by Gasteiger charge is 2.29. The van der Waals surface area contributed by atoms with E-state index >= 15 is 0 Å². The maximum absolute atomic E-state index is 12.8. The molecule has 8 heteroatoms. The Balaban J connectivity index is 1.60. The molecule has 0 bridgehead atoms. The van der Waals surface area contributed by atoms with Crippen molar-refractivity contribution in [3.8, 4) is 0 Å². The summed E-state index contributed by atoms with van der Waals surface area (Å²) in [5.74, 6) is -0.0302. The molecule has 0 saturated heterocycles. The van der Waals surface area contributed by atoms with Crippen LogP contribution in [-0.4, -0.2) is 33.5 Å². The summed E-state index contributed by atoms with van der Waals surface area (Å²) in [4.78, 5) is 26.6. The van der Waals surface area contributed by atoms with E-state index in [4.69, 9.17) is 4.74 Å².